The van der Waals surface area contributed by atoms with Gasteiger partial charge in [0.2, 0.25) is 0 Å². The Morgan fingerprint density at radius 2 is 1.92 bits per heavy atom. The molecule has 0 aliphatic carbocycles. The van der Waals surface area contributed by atoms with E-state index in [1.165, 1.54) is 18.4 Å². The number of carbonyl (C=O) groups is 1. The first-order valence-electron chi connectivity index (χ1n) is 7.75. The van der Waals surface area contributed by atoms with Gasteiger partial charge in [0.15, 0.2) is 0 Å². The van der Waals surface area contributed by atoms with Crippen molar-refractivity contribution in [3.05, 3.63) is 47.4 Å². The second-order valence-corrected chi connectivity index (χ2v) is 5.67. The van der Waals surface area contributed by atoms with Crippen LogP contribution in [-0.2, 0) is 10.9 Å². The molecule has 1 N–H and O–H groups in total. The molecular formula is C17H17F3N2O3. The summed E-state index contributed by atoms with van der Waals surface area (Å²) < 4.78 is 50.6. The van der Waals surface area contributed by atoms with Crippen molar-refractivity contribution in [2.75, 3.05) is 36.5 Å². The van der Waals surface area contributed by atoms with Crippen LogP contribution in [0.1, 0.15) is 21.7 Å². The molecule has 5 nitrogen and oxygen atoms in total. The molecule has 1 saturated heterocycles. The quantitative estimate of drug-likeness (QED) is 0.913. The molecule has 2 aromatic rings. The van der Waals surface area contributed by atoms with Crippen LogP contribution in [0.4, 0.5) is 24.5 Å². The number of anilines is 2. The summed E-state index contributed by atoms with van der Waals surface area (Å²) >= 11 is 0. The fourth-order valence-electron chi connectivity index (χ4n) is 2.70. The van der Waals surface area contributed by atoms with E-state index >= 15 is 0 Å². The molecule has 134 valence electrons. The van der Waals surface area contributed by atoms with Crippen molar-refractivity contribution in [3.63, 3.8) is 0 Å². The molecule has 0 spiro atoms. The molecule has 0 saturated carbocycles. The number of morpholine rings is 1. The van der Waals surface area contributed by atoms with E-state index in [9.17, 15) is 18.0 Å². The number of alkyl halides is 3. The highest BCUT2D eigenvalue weighted by Crippen LogP contribution is 2.37. The monoisotopic (exact) mass is 354 g/mol. The van der Waals surface area contributed by atoms with Crippen LogP contribution in [0.3, 0.4) is 0 Å². The SMILES string of the molecule is Cc1occc1C(=O)Nc1ccc(N2CCOCC2)cc1C(F)(F)F. The van der Waals surface area contributed by atoms with Crippen molar-refractivity contribution in [1.29, 1.82) is 0 Å². The van der Waals surface area contributed by atoms with E-state index in [1.807, 2.05) is 4.90 Å². The Balaban J connectivity index is 1.90. The predicted octanol–water partition coefficient (Wildman–Crippen LogP) is 3.70. The molecular weight excluding hydrogens is 337 g/mol. The van der Waals surface area contributed by atoms with Gasteiger partial charge in [0.25, 0.3) is 5.91 Å². The molecule has 8 heteroatoms. The van der Waals surface area contributed by atoms with Gasteiger partial charge in [-0.3, -0.25) is 4.79 Å². The van der Waals surface area contributed by atoms with E-state index in [1.54, 1.807) is 13.0 Å². The molecule has 0 atom stereocenters. The van der Waals surface area contributed by atoms with E-state index in [-0.39, 0.29) is 11.3 Å². The van der Waals surface area contributed by atoms with Crippen LogP contribution in [0.2, 0.25) is 0 Å². The van der Waals surface area contributed by atoms with Gasteiger partial charge in [0.1, 0.15) is 5.76 Å². The Morgan fingerprint density at radius 1 is 1.20 bits per heavy atom. The minimum absolute atomic E-state index is 0.199. The molecule has 2 heterocycles. The Hall–Kier alpha value is -2.48. The molecule has 0 unspecified atom stereocenters. The van der Waals surface area contributed by atoms with Crippen LogP contribution in [0.15, 0.2) is 34.9 Å². The molecule has 1 aromatic heterocycles. The number of carbonyl (C=O) groups excluding carboxylic acids is 1. The summed E-state index contributed by atoms with van der Waals surface area (Å²) in [6.07, 6.45) is -3.27. The number of halogens is 3. The van der Waals surface area contributed by atoms with Crippen LogP contribution in [0.25, 0.3) is 0 Å². The summed E-state index contributed by atoms with van der Waals surface area (Å²) in [4.78, 5) is 14.0. The lowest BCUT2D eigenvalue weighted by Crippen LogP contribution is -2.36. The number of nitrogens with zero attached hydrogens (tertiary/aromatic N) is 1. The van der Waals surface area contributed by atoms with E-state index in [0.717, 1.165) is 6.07 Å². The smallest absolute Gasteiger partial charge is 0.418 e. The first-order valence-corrected chi connectivity index (χ1v) is 7.75. The van der Waals surface area contributed by atoms with Gasteiger partial charge in [-0.25, -0.2) is 0 Å². The number of furan rings is 1. The molecule has 1 fully saturated rings. The van der Waals surface area contributed by atoms with Gasteiger partial charge < -0.3 is 19.4 Å². The number of rotatable bonds is 3. The number of benzene rings is 1. The minimum Gasteiger partial charge on any atom is -0.469 e. The third-order valence-electron chi connectivity index (χ3n) is 4.04. The van der Waals surface area contributed by atoms with Gasteiger partial charge in [-0.1, -0.05) is 0 Å². The largest absolute Gasteiger partial charge is 0.469 e. The molecule has 1 aliphatic rings. The van der Waals surface area contributed by atoms with E-state index in [0.29, 0.717) is 37.8 Å². The topological polar surface area (TPSA) is 54.7 Å². The van der Waals surface area contributed by atoms with Crippen molar-refractivity contribution >= 4 is 17.3 Å². The zero-order valence-corrected chi connectivity index (χ0v) is 13.5. The molecule has 0 bridgehead atoms. The fraction of sp³-hybridized carbons (Fsp3) is 0.353. The van der Waals surface area contributed by atoms with E-state index in [4.69, 9.17) is 9.15 Å². The third-order valence-corrected chi connectivity index (χ3v) is 4.04. The van der Waals surface area contributed by atoms with Gasteiger partial charge in [-0.05, 0) is 31.2 Å². The minimum atomic E-state index is -4.59. The number of amides is 1. The molecule has 25 heavy (non-hydrogen) atoms. The Morgan fingerprint density at radius 3 is 2.52 bits per heavy atom. The maximum Gasteiger partial charge on any atom is 0.418 e. The Bertz CT molecular complexity index is 765. The van der Waals surface area contributed by atoms with Crippen molar-refractivity contribution < 1.29 is 27.1 Å². The zero-order chi connectivity index (χ0) is 18.0. The first-order chi connectivity index (χ1) is 11.9. The maximum atomic E-state index is 13.5. The molecule has 1 amide bonds. The lowest BCUT2D eigenvalue weighted by Gasteiger charge is -2.29. The van der Waals surface area contributed by atoms with Gasteiger partial charge in [-0.15, -0.1) is 0 Å². The molecule has 0 radical (unpaired) electrons. The highest BCUT2D eigenvalue weighted by atomic mass is 19.4. The summed E-state index contributed by atoms with van der Waals surface area (Å²) in [5, 5.41) is 2.33. The summed E-state index contributed by atoms with van der Waals surface area (Å²) in [6, 6.07) is 5.32. The standard InChI is InChI=1S/C17H17F3N2O3/c1-11-13(4-7-25-11)16(23)21-15-3-2-12(10-14(15)17(18,19)20)22-5-8-24-9-6-22/h2-4,7,10H,5-6,8-9H2,1H3,(H,21,23). The highest BCUT2D eigenvalue weighted by molar-refractivity contribution is 6.05. The van der Waals surface area contributed by atoms with Crippen LogP contribution >= 0.6 is 0 Å². The summed E-state index contributed by atoms with van der Waals surface area (Å²) in [7, 11) is 0. The van der Waals surface area contributed by atoms with Gasteiger partial charge in [-0.2, -0.15) is 13.2 Å². The second-order valence-electron chi connectivity index (χ2n) is 5.67. The van der Waals surface area contributed by atoms with E-state index in [2.05, 4.69) is 5.32 Å². The molecule has 3 rings (SSSR count). The second kappa shape index (κ2) is 6.79. The van der Waals surface area contributed by atoms with Crippen molar-refractivity contribution in [1.82, 2.24) is 0 Å². The number of aryl methyl sites for hydroxylation is 1. The summed E-state index contributed by atoms with van der Waals surface area (Å²) in [5.74, 6) is -0.299. The average molecular weight is 354 g/mol. The van der Waals surface area contributed by atoms with Gasteiger partial charge in [0.05, 0.1) is 36.3 Å². The number of ether oxygens (including phenoxy) is 1. The van der Waals surface area contributed by atoms with Gasteiger partial charge >= 0.3 is 6.18 Å². The predicted molar refractivity (Wildman–Crippen MR) is 85.9 cm³/mol. The zero-order valence-electron chi connectivity index (χ0n) is 13.5. The van der Waals surface area contributed by atoms with Crippen LogP contribution in [-0.4, -0.2) is 32.2 Å². The van der Waals surface area contributed by atoms with Crippen LogP contribution in [0, 0.1) is 6.92 Å². The van der Waals surface area contributed by atoms with Gasteiger partial charge in [0, 0.05) is 18.8 Å². The number of nitrogens with one attached hydrogen (secondary N) is 1. The van der Waals surface area contributed by atoms with Crippen molar-refractivity contribution in [2.24, 2.45) is 0 Å². The Labute approximate surface area is 142 Å². The summed E-state index contributed by atoms with van der Waals surface area (Å²) in [5.41, 5.74) is -0.514. The fourth-order valence-corrected chi connectivity index (χ4v) is 2.70. The van der Waals surface area contributed by atoms with Crippen LogP contribution < -0.4 is 10.2 Å². The van der Waals surface area contributed by atoms with Crippen LogP contribution in [0.5, 0.6) is 0 Å². The normalized spacial score (nSPS) is 15.3. The third kappa shape index (κ3) is 3.79. The summed E-state index contributed by atoms with van der Waals surface area (Å²) in [6.45, 7) is 3.56. The number of hydrogen-bond donors (Lipinski definition) is 1. The Kier molecular flexibility index (Phi) is 4.71. The molecule has 1 aromatic carbocycles. The van der Waals surface area contributed by atoms with Crippen molar-refractivity contribution in [2.45, 2.75) is 13.1 Å². The average Bonchev–Trinajstić information content (AvgIpc) is 3.01. The van der Waals surface area contributed by atoms with Crippen molar-refractivity contribution in [3.8, 4) is 0 Å². The lowest BCUT2D eigenvalue weighted by molar-refractivity contribution is -0.136. The maximum absolute atomic E-state index is 13.5. The highest BCUT2D eigenvalue weighted by Gasteiger charge is 2.35. The lowest BCUT2D eigenvalue weighted by atomic mass is 10.1. The van der Waals surface area contributed by atoms with E-state index < -0.39 is 17.6 Å². The number of hydrogen-bond acceptors (Lipinski definition) is 4. The molecule has 1 aliphatic heterocycles. The first kappa shape index (κ1) is 17.3.